The molecule has 2 unspecified atom stereocenters. The van der Waals surface area contributed by atoms with E-state index in [1.165, 1.54) is 5.01 Å². The van der Waals surface area contributed by atoms with E-state index in [-0.39, 0.29) is 24.9 Å². The number of nitrogens with zero attached hydrogens (tertiary/aromatic N) is 4. The summed E-state index contributed by atoms with van der Waals surface area (Å²) >= 11 is 0. The number of carbonyl (C=O) groups excluding carboxylic acids is 1. The third kappa shape index (κ3) is 5.19. The Labute approximate surface area is 193 Å². The van der Waals surface area contributed by atoms with Crippen molar-refractivity contribution in [3.8, 4) is 11.1 Å². The molecule has 1 aromatic heterocycles. The fourth-order valence-corrected chi connectivity index (χ4v) is 4.50. The highest BCUT2D eigenvalue weighted by atomic mass is 19.3. The van der Waals surface area contributed by atoms with Gasteiger partial charge in [0.05, 0.1) is 12.2 Å². The van der Waals surface area contributed by atoms with E-state index < -0.39 is 11.8 Å². The lowest BCUT2D eigenvalue weighted by Gasteiger charge is -2.37. The van der Waals surface area contributed by atoms with Crippen molar-refractivity contribution >= 4 is 11.6 Å². The first-order chi connectivity index (χ1) is 15.7. The van der Waals surface area contributed by atoms with E-state index in [2.05, 4.69) is 23.4 Å². The summed E-state index contributed by atoms with van der Waals surface area (Å²) in [5, 5.41) is 9.33. The molecule has 2 aromatic rings. The molecule has 2 atom stereocenters. The zero-order chi connectivity index (χ0) is 23.8. The molecule has 1 saturated carbocycles. The standard InChI is InChI=1S/C24H32F2N6O/c1-4-22(29-20-7-5-6-17(10-20)18-12-28-30(3)13-18)21-15-31(16(2)33)9-8-23(21)32(27)14-19-11-24(19,25)26/h5-7,10,12-13,19,22,29H,4,8-9,11,14-15,27H2,1-3H3. The molecule has 4 rings (SSSR count). The lowest BCUT2D eigenvalue weighted by Crippen LogP contribution is -2.45. The number of anilines is 1. The van der Waals surface area contributed by atoms with Gasteiger partial charge in [0.2, 0.25) is 5.91 Å². The number of rotatable bonds is 8. The molecule has 178 valence electrons. The summed E-state index contributed by atoms with van der Waals surface area (Å²) in [6.07, 6.45) is 4.98. The van der Waals surface area contributed by atoms with Crippen molar-refractivity contribution in [2.75, 3.05) is 25.0 Å². The molecule has 33 heavy (non-hydrogen) atoms. The molecule has 2 heterocycles. The van der Waals surface area contributed by atoms with Crippen LogP contribution in [0.15, 0.2) is 47.9 Å². The predicted molar refractivity (Wildman–Crippen MR) is 124 cm³/mol. The van der Waals surface area contributed by atoms with Crippen molar-refractivity contribution in [2.45, 2.75) is 45.1 Å². The number of alkyl halides is 2. The van der Waals surface area contributed by atoms with E-state index in [0.717, 1.165) is 34.5 Å². The number of benzene rings is 1. The molecule has 1 aromatic carbocycles. The minimum absolute atomic E-state index is 0.00252. The highest BCUT2D eigenvalue weighted by Gasteiger charge is 2.57. The normalized spacial score (nSPS) is 20.5. The van der Waals surface area contributed by atoms with E-state index in [9.17, 15) is 13.6 Å². The highest BCUT2D eigenvalue weighted by molar-refractivity contribution is 5.74. The van der Waals surface area contributed by atoms with Gasteiger partial charge in [0.1, 0.15) is 0 Å². The van der Waals surface area contributed by atoms with Crippen molar-refractivity contribution in [2.24, 2.45) is 18.8 Å². The SMILES string of the molecule is CCC(Nc1cccc(-c2cnn(C)c2)c1)C1=C(N(N)CC2CC2(F)F)CCN(C(C)=O)C1. The molecule has 0 bridgehead atoms. The molecule has 3 N–H and O–H groups in total. The van der Waals surface area contributed by atoms with Crippen LogP contribution in [0.1, 0.15) is 33.1 Å². The van der Waals surface area contributed by atoms with Crippen LogP contribution in [0.4, 0.5) is 14.5 Å². The molecule has 9 heteroatoms. The molecule has 0 spiro atoms. The summed E-state index contributed by atoms with van der Waals surface area (Å²) in [7, 11) is 1.88. The Morgan fingerprint density at radius 2 is 2.15 bits per heavy atom. The Bertz CT molecular complexity index is 1050. The largest absolute Gasteiger partial charge is 0.378 e. The summed E-state index contributed by atoms with van der Waals surface area (Å²) in [4.78, 5) is 13.9. The third-order valence-corrected chi connectivity index (χ3v) is 6.59. The Morgan fingerprint density at radius 1 is 1.39 bits per heavy atom. The number of hydrazine groups is 1. The smallest absolute Gasteiger partial charge is 0.253 e. The second-order valence-electron chi connectivity index (χ2n) is 9.07. The molecule has 2 aliphatic rings. The van der Waals surface area contributed by atoms with Crippen LogP contribution in [-0.2, 0) is 11.8 Å². The Hall–Kier alpha value is -2.94. The lowest BCUT2D eigenvalue weighted by molar-refractivity contribution is -0.128. The monoisotopic (exact) mass is 458 g/mol. The molecule has 0 radical (unpaired) electrons. The van der Waals surface area contributed by atoms with Crippen LogP contribution in [0.25, 0.3) is 11.1 Å². The predicted octanol–water partition coefficient (Wildman–Crippen LogP) is 3.61. The fourth-order valence-electron chi connectivity index (χ4n) is 4.50. The van der Waals surface area contributed by atoms with Crippen LogP contribution >= 0.6 is 0 Å². The van der Waals surface area contributed by atoms with Gasteiger partial charge in [0.25, 0.3) is 5.92 Å². The van der Waals surface area contributed by atoms with Crippen LogP contribution in [0.5, 0.6) is 0 Å². The van der Waals surface area contributed by atoms with Gasteiger partial charge in [-0.15, -0.1) is 0 Å². The number of hydrogen-bond donors (Lipinski definition) is 2. The molecule has 1 fully saturated rings. The molecule has 1 aliphatic carbocycles. The van der Waals surface area contributed by atoms with E-state index in [4.69, 9.17) is 5.84 Å². The lowest BCUT2D eigenvalue weighted by atomic mass is 9.95. The van der Waals surface area contributed by atoms with E-state index >= 15 is 0 Å². The van der Waals surface area contributed by atoms with Crippen molar-refractivity contribution in [1.29, 1.82) is 0 Å². The topological polar surface area (TPSA) is 79.4 Å². The number of aryl methyl sites for hydroxylation is 1. The Morgan fingerprint density at radius 3 is 2.76 bits per heavy atom. The number of halogens is 2. The maximum absolute atomic E-state index is 13.5. The summed E-state index contributed by atoms with van der Waals surface area (Å²) in [5.41, 5.74) is 4.85. The molecule has 1 aliphatic heterocycles. The number of hydrogen-bond acceptors (Lipinski definition) is 5. The van der Waals surface area contributed by atoms with Gasteiger partial charge in [-0.2, -0.15) is 5.10 Å². The molecule has 0 saturated heterocycles. The number of carbonyl (C=O) groups is 1. The number of aromatic nitrogens is 2. The second-order valence-corrected chi connectivity index (χ2v) is 9.07. The molecular formula is C24H32F2N6O. The number of nitrogens with two attached hydrogens (primary N) is 1. The van der Waals surface area contributed by atoms with E-state index in [0.29, 0.717) is 19.5 Å². The highest BCUT2D eigenvalue weighted by Crippen LogP contribution is 2.49. The minimum Gasteiger partial charge on any atom is -0.378 e. The van der Waals surface area contributed by atoms with Crippen LogP contribution in [0.3, 0.4) is 0 Å². The van der Waals surface area contributed by atoms with Crippen LogP contribution in [0, 0.1) is 5.92 Å². The quantitative estimate of drug-likeness (QED) is 0.467. The fraction of sp³-hybridized carbons (Fsp3) is 0.500. The maximum atomic E-state index is 13.5. The van der Waals surface area contributed by atoms with Gasteiger partial charge >= 0.3 is 0 Å². The van der Waals surface area contributed by atoms with Gasteiger partial charge in [-0.1, -0.05) is 19.1 Å². The maximum Gasteiger partial charge on any atom is 0.253 e. The first kappa shape index (κ1) is 23.2. The summed E-state index contributed by atoms with van der Waals surface area (Å²) in [5.74, 6) is 2.99. The average Bonchev–Trinajstić information content (AvgIpc) is 3.16. The van der Waals surface area contributed by atoms with Crippen molar-refractivity contribution < 1.29 is 13.6 Å². The van der Waals surface area contributed by atoms with Crippen LogP contribution in [-0.4, -0.2) is 57.2 Å². The van der Waals surface area contributed by atoms with Crippen LogP contribution < -0.4 is 11.2 Å². The molecular weight excluding hydrogens is 426 g/mol. The van der Waals surface area contributed by atoms with Crippen molar-refractivity contribution in [3.05, 3.63) is 47.9 Å². The second kappa shape index (κ2) is 9.13. The van der Waals surface area contributed by atoms with Crippen molar-refractivity contribution in [1.82, 2.24) is 19.7 Å². The zero-order valence-electron chi connectivity index (χ0n) is 19.4. The van der Waals surface area contributed by atoms with Crippen LogP contribution in [0.2, 0.25) is 0 Å². The summed E-state index contributed by atoms with van der Waals surface area (Å²) < 4.78 is 28.8. The zero-order valence-corrected chi connectivity index (χ0v) is 19.4. The summed E-state index contributed by atoms with van der Waals surface area (Å²) in [6, 6.07) is 8.00. The van der Waals surface area contributed by atoms with Gasteiger partial charge in [-0.05, 0) is 29.7 Å². The number of nitrogens with one attached hydrogen (secondary N) is 1. The third-order valence-electron chi connectivity index (χ3n) is 6.59. The van der Waals surface area contributed by atoms with Crippen molar-refractivity contribution in [3.63, 3.8) is 0 Å². The number of amides is 1. The van der Waals surface area contributed by atoms with Gasteiger partial charge in [0.15, 0.2) is 0 Å². The van der Waals surface area contributed by atoms with E-state index in [1.807, 2.05) is 37.6 Å². The van der Waals surface area contributed by atoms with E-state index in [1.54, 1.807) is 16.5 Å². The first-order valence-corrected chi connectivity index (χ1v) is 11.4. The Balaban J connectivity index is 1.59. The van der Waals surface area contributed by atoms with Gasteiger partial charge in [-0.25, -0.2) is 14.6 Å². The molecule has 7 nitrogen and oxygen atoms in total. The minimum atomic E-state index is -2.62. The van der Waals surface area contributed by atoms with Gasteiger partial charge in [0, 0.05) is 75.5 Å². The average molecular weight is 459 g/mol. The first-order valence-electron chi connectivity index (χ1n) is 11.4. The summed E-state index contributed by atoms with van der Waals surface area (Å²) in [6.45, 7) is 4.72. The Kier molecular flexibility index (Phi) is 6.43. The van der Waals surface area contributed by atoms with Gasteiger partial charge in [-0.3, -0.25) is 9.48 Å². The molecule has 1 amide bonds. The van der Waals surface area contributed by atoms with Gasteiger partial charge < -0.3 is 15.2 Å².